The molecule has 6 rings (SSSR count). The van der Waals surface area contributed by atoms with Crippen LogP contribution >= 0.6 is 0 Å². The van der Waals surface area contributed by atoms with Crippen molar-refractivity contribution in [3.8, 4) is 11.1 Å². The molecule has 0 unspecified atom stereocenters. The molecule has 2 heteroatoms. The van der Waals surface area contributed by atoms with Crippen molar-refractivity contribution in [2.45, 2.75) is 25.7 Å². The van der Waals surface area contributed by atoms with E-state index >= 15 is 0 Å². The van der Waals surface area contributed by atoms with E-state index < -0.39 is 0 Å². The van der Waals surface area contributed by atoms with Crippen LogP contribution in [0.4, 0.5) is 5.69 Å². The fraction of sp³-hybridized carbons (Fsp3) is 0.182. The Balaban J connectivity index is 1.69. The second-order valence-corrected chi connectivity index (χ2v) is 7.02. The largest absolute Gasteiger partial charge is 0.358 e. The van der Waals surface area contributed by atoms with Crippen LogP contribution in [0.2, 0.25) is 0 Å². The number of anilines is 1. The van der Waals surface area contributed by atoms with Crippen LogP contribution in [0, 0.1) is 0 Å². The molecule has 2 heterocycles. The van der Waals surface area contributed by atoms with Gasteiger partial charge in [0.05, 0.1) is 0 Å². The third kappa shape index (κ3) is 1.56. The summed E-state index contributed by atoms with van der Waals surface area (Å²) in [6, 6.07) is 11.4. The first-order valence-corrected chi connectivity index (χ1v) is 8.83. The predicted octanol–water partition coefficient (Wildman–Crippen LogP) is 5.51. The molecular weight excluding hydrogens is 292 g/mol. The summed E-state index contributed by atoms with van der Waals surface area (Å²) in [5.41, 5.74) is 12.1. The van der Waals surface area contributed by atoms with Crippen LogP contribution in [-0.2, 0) is 12.8 Å². The van der Waals surface area contributed by atoms with Gasteiger partial charge in [-0.2, -0.15) is 0 Å². The number of nitrogens with one attached hydrogen (secondary N) is 2. The minimum Gasteiger partial charge on any atom is -0.358 e. The van der Waals surface area contributed by atoms with Gasteiger partial charge in [0.2, 0.25) is 0 Å². The van der Waals surface area contributed by atoms with E-state index in [1.807, 2.05) is 0 Å². The zero-order valence-electron chi connectivity index (χ0n) is 13.4. The van der Waals surface area contributed by atoms with Gasteiger partial charge >= 0.3 is 0 Å². The summed E-state index contributed by atoms with van der Waals surface area (Å²) >= 11 is 0. The van der Waals surface area contributed by atoms with Crippen molar-refractivity contribution < 1.29 is 0 Å². The highest BCUT2D eigenvalue weighted by Crippen LogP contribution is 2.46. The third-order valence-electron chi connectivity index (χ3n) is 5.65. The van der Waals surface area contributed by atoms with E-state index in [-0.39, 0.29) is 0 Å². The van der Waals surface area contributed by atoms with Crippen molar-refractivity contribution in [2.75, 3.05) is 5.32 Å². The maximum Gasteiger partial charge on any atom is 0.0485 e. The van der Waals surface area contributed by atoms with Gasteiger partial charge in [0.25, 0.3) is 0 Å². The first-order chi connectivity index (χ1) is 11.9. The maximum absolute atomic E-state index is 3.69. The average Bonchev–Trinajstić information content (AvgIpc) is 2.98. The van der Waals surface area contributed by atoms with Gasteiger partial charge in [0.1, 0.15) is 0 Å². The molecule has 0 atom stereocenters. The molecule has 0 saturated carbocycles. The number of benzene rings is 2. The van der Waals surface area contributed by atoms with E-state index in [2.05, 4.69) is 58.9 Å². The number of allylic oxidation sites excluding steroid dienone is 2. The summed E-state index contributed by atoms with van der Waals surface area (Å²) in [4.78, 5) is 3.64. The highest BCUT2D eigenvalue weighted by molar-refractivity contribution is 6.05. The van der Waals surface area contributed by atoms with E-state index in [0.29, 0.717) is 0 Å². The van der Waals surface area contributed by atoms with Gasteiger partial charge in [-0.1, -0.05) is 36.4 Å². The Bertz CT molecular complexity index is 1080. The topological polar surface area (TPSA) is 27.8 Å². The van der Waals surface area contributed by atoms with Crippen LogP contribution in [-0.4, -0.2) is 4.98 Å². The van der Waals surface area contributed by atoms with Crippen molar-refractivity contribution in [2.24, 2.45) is 0 Å². The number of aromatic amines is 1. The molecule has 24 heavy (non-hydrogen) atoms. The second kappa shape index (κ2) is 4.41. The van der Waals surface area contributed by atoms with Crippen LogP contribution in [0.3, 0.4) is 0 Å². The molecule has 3 aliphatic rings. The lowest BCUT2D eigenvalue weighted by atomic mass is 9.84. The van der Waals surface area contributed by atoms with E-state index in [1.54, 1.807) is 0 Å². The van der Waals surface area contributed by atoms with Gasteiger partial charge in [-0.15, -0.1) is 0 Å². The van der Waals surface area contributed by atoms with Gasteiger partial charge in [-0.3, -0.25) is 0 Å². The summed E-state index contributed by atoms with van der Waals surface area (Å²) in [5, 5.41) is 5.04. The molecule has 0 amide bonds. The maximum atomic E-state index is 3.69. The van der Waals surface area contributed by atoms with Crippen LogP contribution in [0.25, 0.3) is 33.8 Å². The monoisotopic (exact) mass is 310 g/mol. The minimum absolute atomic E-state index is 1.12. The lowest BCUT2D eigenvalue weighted by molar-refractivity contribution is 0.951. The first-order valence-electron chi connectivity index (χ1n) is 8.83. The molecule has 2 nitrogen and oxygen atoms in total. The molecule has 2 N–H and O–H groups in total. The number of H-pyrrole nitrogens is 1. The number of aryl methyl sites for hydroxylation is 2. The Morgan fingerprint density at radius 1 is 0.958 bits per heavy atom. The Hall–Kier alpha value is -2.74. The van der Waals surface area contributed by atoms with Crippen molar-refractivity contribution in [1.82, 2.24) is 4.98 Å². The zero-order chi connectivity index (χ0) is 15.7. The Morgan fingerprint density at radius 2 is 1.96 bits per heavy atom. The van der Waals surface area contributed by atoms with Gasteiger partial charge in [0.15, 0.2) is 0 Å². The number of rotatable bonds is 0. The van der Waals surface area contributed by atoms with Gasteiger partial charge in [-0.25, -0.2) is 0 Å². The molecule has 116 valence electrons. The molecule has 0 spiro atoms. The number of hydrogen-bond acceptors (Lipinski definition) is 1. The fourth-order valence-corrected chi connectivity index (χ4v) is 4.54. The summed E-state index contributed by atoms with van der Waals surface area (Å²) in [7, 11) is 0. The van der Waals surface area contributed by atoms with Crippen LogP contribution in [0.1, 0.15) is 35.2 Å². The average molecular weight is 310 g/mol. The standard InChI is InChI=1S/C22H18N2/c1-2-9-18-14(7-1)16-11-17-15-8-3-5-13-6-4-10-19(22(13)15)24-21(17)12-20(16)23-18/h1,3,5,7-8,10-12,23-24H,2,4,6,9H2. The smallest absolute Gasteiger partial charge is 0.0485 e. The van der Waals surface area contributed by atoms with Crippen molar-refractivity contribution in [3.05, 3.63) is 64.9 Å². The van der Waals surface area contributed by atoms with Gasteiger partial charge in [0, 0.05) is 44.7 Å². The molecule has 1 aliphatic heterocycles. The van der Waals surface area contributed by atoms with Gasteiger partial charge in [-0.05, 0) is 48.9 Å². The lowest BCUT2D eigenvalue weighted by Crippen LogP contribution is -2.13. The molecule has 0 fully saturated rings. The highest BCUT2D eigenvalue weighted by Gasteiger charge is 2.25. The molecule has 2 aromatic carbocycles. The quantitative estimate of drug-likeness (QED) is 0.563. The molecule has 2 aliphatic carbocycles. The summed E-state index contributed by atoms with van der Waals surface area (Å²) in [5.74, 6) is 0. The highest BCUT2D eigenvalue weighted by atomic mass is 14.9. The molecule has 0 bridgehead atoms. The Kier molecular flexibility index (Phi) is 2.33. The number of aromatic nitrogens is 1. The van der Waals surface area contributed by atoms with E-state index in [1.165, 1.54) is 55.8 Å². The van der Waals surface area contributed by atoms with Crippen LogP contribution < -0.4 is 5.32 Å². The first kappa shape index (κ1) is 12.7. The normalized spacial score (nSPS) is 16.9. The minimum atomic E-state index is 1.12. The number of fused-ring (bicyclic) bond motifs is 5. The molecule has 0 saturated heterocycles. The van der Waals surface area contributed by atoms with E-state index in [0.717, 1.165) is 25.7 Å². The van der Waals surface area contributed by atoms with Crippen molar-refractivity contribution >= 4 is 28.4 Å². The molecule has 0 radical (unpaired) electrons. The number of hydrogen-bond donors (Lipinski definition) is 2. The molecular formula is C22H18N2. The van der Waals surface area contributed by atoms with Gasteiger partial charge < -0.3 is 10.3 Å². The summed E-state index contributed by atoms with van der Waals surface area (Å²) < 4.78 is 0. The molecule has 3 aromatic rings. The lowest BCUT2D eigenvalue weighted by Gasteiger charge is -2.29. The van der Waals surface area contributed by atoms with Crippen molar-refractivity contribution in [3.63, 3.8) is 0 Å². The fourth-order valence-electron chi connectivity index (χ4n) is 4.54. The molecule has 1 aromatic heterocycles. The van der Waals surface area contributed by atoms with E-state index in [4.69, 9.17) is 0 Å². The third-order valence-corrected chi connectivity index (χ3v) is 5.65. The summed E-state index contributed by atoms with van der Waals surface area (Å²) in [6.07, 6.45) is 11.4. The van der Waals surface area contributed by atoms with Crippen LogP contribution in [0.15, 0.2) is 42.5 Å². The van der Waals surface area contributed by atoms with Crippen LogP contribution in [0.5, 0.6) is 0 Å². The second-order valence-electron chi connectivity index (χ2n) is 7.02. The van der Waals surface area contributed by atoms with E-state index in [9.17, 15) is 0 Å². The summed E-state index contributed by atoms with van der Waals surface area (Å²) in [6.45, 7) is 0. The Labute approximate surface area is 140 Å². The zero-order valence-corrected chi connectivity index (χ0v) is 13.4. The SMILES string of the molecule is C1=Cc2c([nH]c3cc4c(cc23)-c2cccc3c2C(=CCC3)N4)CC1. The predicted molar refractivity (Wildman–Crippen MR) is 101 cm³/mol. The Morgan fingerprint density at radius 3 is 2.96 bits per heavy atom. The van der Waals surface area contributed by atoms with Crippen molar-refractivity contribution in [1.29, 1.82) is 0 Å².